The van der Waals surface area contributed by atoms with Gasteiger partial charge in [-0.2, -0.15) is 0 Å². The van der Waals surface area contributed by atoms with E-state index < -0.39 is 0 Å². The van der Waals surface area contributed by atoms with Crippen molar-refractivity contribution in [1.29, 1.82) is 0 Å². The standard InChI is InChI=1S/C18H29N3O2/c1-5-11-19-16(22)12-21(4)13-17(23)20-18(14(2)3)15-9-7-6-8-10-15/h6-10,14,18H,5,11-13H2,1-4H3,(H,19,22)(H,20,23)/t18-/m1/s1. The van der Waals surface area contributed by atoms with Crippen LogP contribution in [0.15, 0.2) is 30.3 Å². The zero-order valence-corrected chi connectivity index (χ0v) is 14.6. The lowest BCUT2D eigenvalue weighted by molar-refractivity contribution is -0.125. The fourth-order valence-electron chi connectivity index (χ4n) is 2.38. The molecule has 23 heavy (non-hydrogen) atoms. The molecule has 0 spiro atoms. The Labute approximate surface area is 139 Å². The molecular formula is C18H29N3O2. The molecule has 0 saturated heterocycles. The number of hydrogen-bond acceptors (Lipinski definition) is 3. The lowest BCUT2D eigenvalue weighted by Gasteiger charge is -2.24. The molecular weight excluding hydrogens is 290 g/mol. The highest BCUT2D eigenvalue weighted by Gasteiger charge is 2.19. The molecule has 0 aliphatic rings. The van der Waals surface area contributed by atoms with Crippen LogP contribution < -0.4 is 10.6 Å². The second-order valence-electron chi connectivity index (χ2n) is 6.22. The first kappa shape index (κ1) is 19.2. The number of carbonyl (C=O) groups is 2. The average molecular weight is 319 g/mol. The normalized spacial score (nSPS) is 12.3. The molecule has 0 fully saturated rings. The summed E-state index contributed by atoms with van der Waals surface area (Å²) in [4.78, 5) is 25.6. The van der Waals surface area contributed by atoms with Crippen LogP contribution in [0, 0.1) is 5.92 Å². The van der Waals surface area contributed by atoms with E-state index in [1.54, 1.807) is 11.9 Å². The van der Waals surface area contributed by atoms with E-state index in [0.717, 1.165) is 12.0 Å². The molecule has 5 nitrogen and oxygen atoms in total. The van der Waals surface area contributed by atoms with Gasteiger partial charge in [-0.1, -0.05) is 51.1 Å². The van der Waals surface area contributed by atoms with Crippen molar-refractivity contribution >= 4 is 11.8 Å². The van der Waals surface area contributed by atoms with Crippen LogP contribution in [0.3, 0.4) is 0 Å². The predicted octanol–water partition coefficient (Wildman–Crippen LogP) is 1.96. The number of rotatable bonds is 9. The third-order valence-corrected chi connectivity index (χ3v) is 3.54. The number of amides is 2. The summed E-state index contributed by atoms with van der Waals surface area (Å²) in [5, 5.41) is 5.88. The maximum Gasteiger partial charge on any atom is 0.234 e. The first-order valence-corrected chi connectivity index (χ1v) is 8.23. The van der Waals surface area contributed by atoms with Gasteiger partial charge in [-0.25, -0.2) is 0 Å². The Kier molecular flexibility index (Phi) is 8.33. The van der Waals surface area contributed by atoms with Gasteiger partial charge in [-0.3, -0.25) is 14.5 Å². The zero-order valence-electron chi connectivity index (χ0n) is 14.6. The molecule has 2 amide bonds. The molecule has 1 rings (SSSR count). The Hall–Kier alpha value is -1.88. The van der Waals surface area contributed by atoms with Gasteiger partial charge in [-0.05, 0) is 24.9 Å². The lowest BCUT2D eigenvalue weighted by Crippen LogP contribution is -2.42. The largest absolute Gasteiger partial charge is 0.355 e. The van der Waals surface area contributed by atoms with Gasteiger partial charge in [0, 0.05) is 6.54 Å². The van der Waals surface area contributed by atoms with Crippen LogP contribution in [0.1, 0.15) is 38.8 Å². The van der Waals surface area contributed by atoms with Crippen LogP contribution in [-0.2, 0) is 9.59 Å². The highest BCUT2D eigenvalue weighted by molar-refractivity contribution is 5.81. The van der Waals surface area contributed by atoms with E-state index in [1.165, 1.54) is 0 Å². The fraction of sp³-hybridized carbons (Fsp3) is 0.556. The zero-order chi connectivity index (χ0) is 17.2. The molecule has 128 valence electrons. The van der Waals surface area contributed by atoms with E-state index in [-0.39, 0.29) is 30.9 Å². The van der Waals surface area contributed by atoms with Gasteiger partial charge in [0.15, 0.2) is 0 Å². The number of nitrogens with zero attached hydrogens (tertiary/aromatic N) is 1. The van der Waals surface area contributed by atoms with Crippen LogP contribution in [-0.4, -0.2) is 43.4 Å². The summed E-state index contributed by atoms with van der Waals surface area (Å²) in [7, 11) is 1.78. The van der Waals surface area contributed by atoms with Crippen molar-refractivity contribution in [3.8, 4) is 0 Å². The Bertz CT molecular complexity index is 488. The number of nitrogens with one attached hydrogen (secondary N) is 2. The third kappa shape index (κ3) is 7.28. The van der Waals surface area contributed by atoms with Crippen molar-refractivity contribution in [2.45, 2.75) is 33.2 Å². The molecule has 0 aliphatic heterocycles. The monoisotopic (exact) mass is 319 g/mol. The van der Waals surface area contributed by atoms with Crippen LogP contribution in [0.25, 0.3) is 0 Å². The second-order valence-corrected chi connectivity index (χ2v) is 6.22. The van der Waals surface area contributed by atoms with Crippen LogP contribution in [0.2, 0.25) is 0 Å². The molecule has 0 aromatic heterocycles. The number of carbonyl (C=O) groups excluding carboxylic acids is 2. The summed E-state index contributed by atoms with van der Waals surface area (Å²) >= 11 is 0. The Balaban J connectivity index is 2.51. The van der Waals surface area contributed by atoms with Crippen LogP contribution in [0.4, 0.5) is 0 Å². The van der Waals surface area contributed by atoms with Crippen molar-refractivity contribution < 1.29 is 9.59 Å². The molecule has 1 atom stereocenters. The molecule has 2 N–H and O–H groups in total. The van der Waals surface area contributed by atoms with Gasteiger partial charge in [0.1, 0.15) is 0 Å². The van der Waals surface area contributed by atoms with E-state index >= 15 is 0 Å². The van der Waals surface area contributed by atoms with Gasteiger partial charge in [0.25, 0.3) is 0 Å². The summed E-state index contributed by atoms with van der Waals surface area (Å²) in [6.45, 7) is 7.27. The first-order valence-electron chi connectivity index (χ1n) is 8.23. The van der Waals surface area contributed by atoms with Crippen molar-refractivity contribution in [3.63, 3.8) is 0 Å². The molecule has 0 aliphatic carbocycles. The van der Waals surface area contributed by atoms with E-state index in [4.69, 9.17) is 0 Å². The number of benzene rings is 1. The lowest BCUT2D eigenvalue weighted by atomic mass is 9.96. The summed E-state index contributed by atoms with van der Waals surface area (Å²) in [5.41, 5.74) is 1.10. The average Bonchev–Trinajstić information content (AvgIpc) is 2.51. The van der Waals surface area contributed by atoms with Gasteiger partial charge in [-0.15, -0.1) is 0 Å². The van der Waals surface area contributed by atoms with Crippen LogP contribution >= 0.6 is 0 Å². The van der Waals surface area contributed by atoms with E-state index in [0.29, 0.717) is 12.5 Å². The van der Waals surface area contributed by atoms with Gasteiger partial charge < -0.3 is 10.6 Å². The Morgan fingerprint density at radius 2 is 1.70 bits per heavy atom. The minimum Gasteiger partial charge on any atom is -0.355 e. The molecule has 0 heterocycles. The van der Waals surface area contributed by atoms with E-state index in [1.807, 2.05) is 37.3 Å². The first-order chi connectivity index (χ1) is 10.9. The maximum atomic E-state index is 12.3. The van der Waals surface area contributed by atoms with Crippen molar-refractivity contribution in [2.24, 2.45) is 5.92 Å². The smallest absolute Gasteiger partial charge is 0.234 e. The highest BCUT2D eigenvalue weighted by atomic mass is 16.2. The van der Waals surface area contributed by atoms with Gasteiger partial charge in [0.2, 0.25) is 11.8 Å². The molecule has 0 radical (unpaired) electrons. The minimum absolute atomic E-state index is 0.0222. The summed E-state index contributed by atoms with van der Waals surface area (Å²) < 4.78 is 0. The van der Waals surface area contributed by atoms with Crippen LogP contribution in [0.5, 0.6) is 0 Å². The quantitative estimate of drug-likeness (QED) is 0.731. The maximum absolute atomic E-state index is 12.3. The predicted molar refractivity (Wildman–Crippen MR) is 93.0 cm³/mol. The summed E-state index contributed by atoms with van der Waals surface area (Å²) in [5.74, 6) is 0.170. The molecule has 5 heteroatoms. The van der Waals surface area contributed by atoms with E-state index in [9.17, 15) is 9.59 Å². The Morgan fingerprint density at radius 1 is 1.09 bits per heavy atom. The third-order valence-electron chi connectivity index (χ3n) is 3.54. The molecule has 0 bridgehead atoms. The molecule has 0 unspecified atom stereocenters. The minimum atomic E-state index is -0.0710. The topological polar surface area (TPSA) is 61.4 Å². The number of hydrogen-bond donors (Lipinski definition) is 2. The van der Waals surface area contributed by atoms with Gasteiger partial charge in [0.05, 0.1) is 19.1 Å². The molecule has 1 aromatic carbocycles. The Morgan fingerprint density at radius 3 is 2.26 bits per heavy atom. The van der Waals surface area contributed by atoms with Crippen molar-refractivity contribution in [2.75, 3.05) is 26.7 Å². The summed E-state index contributed by atoms with van der Waals surface area (Å²) in [6, 6.07) is 9.93. The van der Waals surface area contributed by atoms with E-state index in [2.05, 4.69) is 24.5 Å². The highest BCUT2D eigenvalue weighted by Crippen LogP contribution is 2.21. The molecule has 0 saturated carbocycles. The number of likely N-dealkylation sites (N-methyl/N-ethyl adjacent to an activating group) is 1. The van der Waals surface area contributed by atoms with Crippen molar-refractivity contribution in [1.82, 2.24) is 15.5 Å². The molecule has 1 aromatic rings. The fourth-order valence-corrected chi connectivity index (χ4v) is 2.38. The summed E-state index contributed by atoms with van der Waals surface area (Å²) in [6.07, 6.45) is 0.906. The SMILES string of the molecule is CCCNC(=O)CN(C)CC(=O)N[C@@H](c1ccccc1)C(C)C. The second kappa shape index (κ2) is 10.0. The van der Waals surface area contributed by atoms with Gasteiger partial charge >= 0.3 is 0 Å². The van der Waals surface area contributed by atoms with Crippen molar-refractivity contribution in [3.05, 3.63) is 35.9 Å².